The topological polar surface area (TPSA) is 26.3 Å². The van der Waals surface area contributed by atoms with Crippen molar-refractivity contribution in [2.75, 3.05) is 0 Å². The smallest absolute Gasteiger partial charge is 0.306 e. The van der Waals surface area contributed by atoms with Crippen molar-refractivity contribution in [3.05, 3.63) is 58.7 Å². The Bertz CT molecular complexity index is 1000. The Balaban J connectivity index is 1.37. The molecule has 0 saturated heterocycles. The molecule has 1 unspecified atom stereocenters. The molecule has 0 heterocycles. The lowest BCUT2D eigenvalue weighted by molar-refractivity contribution is -0.151. The molecule has 0 radical (unpaired) electrons. The molecule has 0 aliphatic heterocycles. The van der Waals surface area contributed by atoms with Gasteiger partial charge in [-0.3, -0.25) is 4.79 Å². The van der Waals surface area contributed by atoms with Crippen molar-refractivity contribution in [2.24, 2.45) is 11.8 Å². The number of benzene rings is 2. The van der Waals surface area contributed by atoms with Gasteiger partial charge in [0.2, 0.25) is 0 Å². The lowest BCUT2D eigenvalue weighted by Crippen LogP contribution is -2.30. The molecule has 2 aromatic carbocycles. The SMILES string of the molecule is CCCCCC(=O)OC1CCC(C2CCc3c(ccc(-c4cc(F)c(F)c(F)c4)c3F)C2)CC1. The minimum atomic E-state index is -1.55. The summed E-state index contributed by atoms with van der Waals surface area (Å²) < 4.78 is 61.5. The van der Waals surface area contributed by atoms with Crippen LogP contribution in [-0.2, 0) is 22.4 Å². The van der Waals surface area contributed by atoms with E-state index in [-0.39, 0.29) is 23.2 Å². The molecular weight excluding hydrogens is 444 g/mol. The maximum Gasteiger partial charge on any atom is 0.306 e. The number of hydrogen-bond donors (Lipinski definition) is 0. The summed E-state index contributed by atoms with van der Waals surface area (Å²) in [5.74, 6) is -3.79. The molecule has 0 spiro atoms. The van der Waals surface area contributed by atoms with E-state index in [1.165, 1.54) is 6.07 Å². The van der Waals surface area contributed by atoms with Crippen LogP contribution in [0.4, 0.5) is 17.6 Å². The number of halogens is 4. The van der Waals surface area contributed by atoms with Gasteiger partial charge < -0.3 is 4.74 Å². The largest absolute Gasteiger partial charge is 0.462 e. The second kappa shape index (κ2) is 10.9. The summed E-state index contributed by atoms with van der Waals surface area (Å²) in [5, 5.41) is 0. The van der Waals surface area contributed by atoms with Crippen LogP contribution in [0.25, 0.3) is 11.1 Å². The fourth-order valence-corrected chi connectivity index (χ4v) is 5.62. The average Bonchev–Trinajstić information content (AvgIpc) is 2.83. The van der Waals surface area contributed by atoms with Crippen LogP contribution in [0, 0.1) is 35.1 Å². The summed E-state index contributed by atoms with van der Waals surface area (Å²) in [6.07, 6.45) is 9.47. The Morgan fingerprint density at radius 3 is 2.29 bits per heavy atom. The van der Waals surface area contributed by atoms with E-state index in [2.05, 4.69) is 6.92 Å². The van der Waals surface area contributed by atoms with Crippen LogP contribution in [0.3, 0.4) is 0 Å². The standard InChI is InChI=1S/C28H32F4O2/c1-2-3-4-5-26(33)34-21-10-6-17(7-11-21)18-8-12-22-19(14-18)9-13-23(27(22)31)20-15-24(29)28(32)25(30)16-20/h9,13,15-18,21H,2-8,10-12,14H2,1H3. The molecule has 2 nitrogen and oxygen atoms in total. The molecule has 1 atom stereocenters. The molecule has 0 aromatic heterocycles. The first-order valence-corrected chi connectivity index (χ1v) is 12.5. The van der Waals surface area contributed by atoms with E-state index in [9.17, 15) is 18.0 Å². The first-order chi connectivity index (χ1) is 16.4. The molecule has 2 aliphatic carbocycles. The van der Waals surface area contributed by atoms with E-state index < -0.39 is 23.3 Å². The van der Waals surface area contributed by atoms with Crippen LogP contribution in [0.5, 0.6) is 0 Å². The van der Waals surface area contributed by atoms with Crippen LogP contribution < -0.4 is 0 Å². The van der Waals surface area contributed by atoms with Crippen LogP contribution >= 0.6 is 0 Å². The Morgan fingerprint density at radius 2 is 1.62 bits per heavy atom. The number of carbonyl (C=O) groups is 1. The molecule has 4 rings (SSSR count). The van der Waals surface area contributed by atoms with E-state index in [1.807, 2.05) is 6.07 Å². The van der Waals surface area contributed by atoms with Gasteiger partial charge >= 0.3 is 5.97 Å². The molecule has 0 amide bonds. The lowest BCUT2D eigenvalue weighted by Gasteiger charge is -2.36. The molecule has 1 saturated carbocycles. The number of fused-ring (bicyclic) bond motifs is 1. The molecule has 184 valence electrons. The Morgan fingerprint density at radius 1 is 0.912 bits per heavy atom. The highest BCUT2D eigenvalue weighted by molar-refractivity contribution is 5.69. The minimum Gasteiger partial charge on any atom is -0.462 e. The quantitative estimate of drug-likeness (QED) is 0.177. The van der Waals surface area contributed by atoms with Crippen molar-refractivity contribution in [3.63, 3.8) is 0 Å². The summed E-state index contributed by atoms with van der Waals surface area (Å²) >= 11 is 0. The summed E-state index contributed by atoms with van der Waals surface area (Å²) in [6.45, 7) is 2.11. The third kappa shape index (κ3) is 5.47. The van der Waals surface area contributed by atoms with Gasteiger partial charge in [-0.1, -0.05) is 31.9 Å². The first kappa shape index (κ1) is 24.7. The van der Waals surface area contributed by atoms with Gasteiger partial charge in [-0.15, -0.1) is 0 Å². The van der Waals surface area contributed by atoms with E-state index in [4.69, 9.17) is 4.74 Å². The maximum absolute atomic E-state index is 15.3. The number of hydrogen-bond acceptors (Lipinski definition) is 2. The Labute approximate surface area is 198 Å². The maximum atomic E-state index is 15.3. The van der Waals surface area contributed by atoms with Crippen LogP contribution in [0.2, 0.25) is 0 Å². The van der Waals surface area contributed by atoms with Gasteiger partial charge in [0.15, 0.2) is 17.5 Å². The molecule has 2 aromatic rings. The average molecular weight is 477 g/mol. The summed E-state index contributed by atoms with van der Waals surface area (Å²) in [4.78, 5) is 12.0. The summed E-state index contributed by atoms with van der Waals surface area (Å²) in [6, 6.07) is 5.05. The zero-order valence-electron chi connectivity index (χ0n) is 19.6. The van der Waals surface area contributed by atoms with Gasteiger partial charge in [0.25, 0.3) is 0 Å². The second-order valence-corrected chi connectivity index (χ2v) is 9.81. The fourth-order valence-electron chi connectivity index (χ4n) is 5.62. The number of carbonyl (C=O) groups excluding carboxylic acids is 1. The molecule has 34 heavy (non-hydrogen) atoms. The molecule has 0 N–H and O–H groups in total. The summed E-state index contributed by atoms with van der Waals surface area (Å²) in [7, 11) is 0. The highest BCUT2D eigenvalue weighted by Gasteiger charge is 2.32. The van der Waals surface area contributed by atoms with E-state index in [0.717, 1.165) is 75.5 Å². The van der Waals surface area contributed by atoms with Gasteiger partial charge in [0.1, 0.15) is 11.9 Å². The zero-order chi connectivity index (χ0) is 24.2. The number of rotatable bonds is 7. The van der Waals surface area contributed by atoms with Crippen molar-refractivity contribution >= 4 is 5.97 Å². The highest BCUT2D eigenvalue weighted by atomic mass is 19.2. The predicted octanol–water partition coefficient (Wildman–Crippen LogP) is 7.70. The molecule has 0 bridgehead atoms. The fraction of sp³-hybridized carbons (Fsp3) is 0.536. The highest BCUT2D eigenvalue weighted by Crippen LogP contribution is 2.40. The molecule has 2 aliphatic rings. The molecule has 6 heteroatoms. The second-order valence-electron chi connectivity index (χ2n) is 9.81. The van der Waals surface area contributed by atoms with Gasteiger partial charge in [-0.2, -0.15) is 0 Å². The van der Waals surface area contributed by atoms with Crippen LogP contribution in [-0.4, -0.2) is 12.1 Å². The zero-order valence-corrected chi connectivity index (χ0v) is 19.6. The minimum absolute atomic E-state index is 0.00128. The summed E-state index contributed by atoms with van der Waals surface area (Å²) in [5.41, 5.74) is 1.62. The first-order valence-electron chi connectivity index (χ1n) is 12.5. The van der Waals surface area contributed by atoms with Crippen molar-refractivity contribution in [1.82, 2.24) is 0 Å². The van der Waals surface area contributed by atoms with Crippen molar-refractivity contribution in [2.45, 2.75) is 83.7 Å². The number of unbranched alkanes of at least 4 members (excludes halogenated alkanes) is 2. The number of esters is 1. The van der Waals surface area contributed by atoms with Gasteiger partial charge in [0.05, 0.1) is 0 Å². The van der Waals surface area contributed by atoms with Crippen molar-refractivity contribution in [3.8, 4) is 11.1 Å². The Kier molecular flexibility index (Phi) is 7.95. The number of ether oxygens (including phenoxy) is 1. The van der Waals surface area contributed by atoms with Gasteiger partial charge in [-0.05, 0) is 92.0 Å². The van der Waals surface area contributed by atoms with E-state index >= 15 is 4.39 Å². The van der Waals surface area contributed by atoms with E-state index in [1.54, 1.807) is 0 Å². The van der Waals surface area contributed by atoms with Gasteiger partial charge in [-0.25, -0.2) is 17.6 Å². The lowest BCUT2D eigenvalue weighted by atomic mass is 9.71. The monoisotopic (exact) mass is 476 g/mol. The molecular formula is C28H32F4O2. The van der Waals surface area contributed by atoms with Crippen molar-refractivity contribution < 1.29 is 27.1 Å². The third-order valence-electron chi connectivity index (χ3n) is 7.55. The van der Waals surface area contributed by atoms with Crippen molar-refractivity contribution in [1.29, 1.82) is 0 Å². The predicted molar refractivity (Wildman–Crippen MR) is 123 cm³/mol. The van der Waals surface area contributed by atoms with Gasteiger partial charge in [0, 0.05) is 12.0 Å². The third-order valence-corrected chi connectivity index (χ3v) is 7.55. The molecule has 1 fully saturated rings. The van der Waals surface area contributed by atoms with E-state index in [0.29, 0.717) is 30.2 Å². The van der Waals surface area contributed by atoms with Crippen LogP contribution in [0.15, 0.2) is 24.3 Å². The normalized spacial score (nSPS) is 22.3. The Hall–Kier alpha value is -2.37. The van der Waals surface area contributed by atoms with Crippen LogP contribution in [0.1, 0.15) is 75.8 Å².